The van der Waals surface area contributed by atoms with Gasteiger partial charge in [0.05, 0.1) is 19.1 Å². The molecule has 0 aromatic heterocycles. The van der Waals surface area contributed by atoms with Crippen LogP contribution in [0.3, 0.4) is 0 Å². The number of nitrogens with zero attached hydrogens (tertiary/aromatic N) is 2. The molecule has 0 radical (unpaired) electrons. The summed E-state index contributed by atoms with van der Waals surface area (Å²) in [6.45, 7) is 9.35. The Morgan fingerprint density at radius 3 is 2.34 bits per heavy atom. The number of rotatable bonds is 7. The lowest BCUT2D eigenvalue weighted by molar-refractivity contribution is -0.136. The average molecular weight is 437 g/mol. The van der Waals surface area contributed by atoms with Crippen LogP contribution < -0.4 is 9.47 Å². The van der Waals surface area contributed by atoms with Crippen LogP contribution in [0.2, 0.25) is 0 Å². The van der Waals surface area contributed by atoms with Crippen molar-refractivity contribution in [1.82, 2.24) is 9.80 Å². The van der Waals surface area contributed by atoms with Crippen LogP contribution in [0.4, 0.5) is 0 Å². The molecule has 0 saturated carbocycles. The molecule has 1 fully saturated rings. The molecular weight excluding hydrogens is 404 g/mol. The van der Waals surface area contributed by atoms with E-state index in [4.69, 9.17) is 9.47 Å². The molecular formula is C26H32N2O4. The molecule has 2 aliphatic heterocycles. The van der Waals surface area contributed by atoms with Crippen LogP contribution in [0, 0.1) is 12.8 Å². The normalized spacial score (nSPS) is 18.0. The Bertz CT molecular complexity index is 986. The van der Waals surface area contributed by atoms with Gasteiger partial charge in [-0.1, -0.05) is 29.8 Å². The summed E-state index contributed by atoms with van der Waals surface area (Å²) in [5.74, 6) is 1.34. The lowest BCUT2D eigenvalue weighted by Crippen LogP contribution is -2.40. The maximum Gasteiger partial charge on any atom is 0.228 e. The Kier molecular flexibility index (Phi) is 6.68. The summed E-state index contributed by atoms with van der Waals surface area (Å²) in [7, 11) is 0. The van der Waals surface area contributed by atoms with Crippen LogP contribution in [0.25, 0.3) is 0 Å². The summed E-state index contributed by atoms with van der Waals surface area (Å²) >= 11 is 0. The van der Waals surface area contributed by atoms with Crippen molar-refractivity contribution in [2.24, 2.45) is 5.92 Å². The smallest absolute Gasteiger partial charge is 0.228 e. The van der Waals surface area contributed by atoms with Crippen LogP contribution in [0.1, 0.15) is 42.5 Å². The highest BCUT2D eigenvalue weighted by molar-refractivity contribution is 5.89. The van der Waals surface area contributed by atoms with E-state index in [1.807, 2.05) is 54.8 Å². The second-order valence-corrected chi connectivity index (χ2v) is 8.60. The topological polar surface area (TPSA) is 59.1 Å². The fourth-order valence-corrected chi connectivity index (χ4v) is 4.55. The first-order valence-corrected chi connectivity index (χ1v) is 11.5. The molecule has 0 bridgehead atoms. The molecule has 6 nitrogen and oxygen atoms in total. The zero-order valence-corrected chi connectivity index (χ0v) is 19.2. The van der Waals surface area contributed by atoms with E-state index in [0.29, 0.717) is 45.8 Å². The SMILES string of the molecule is CCOc1cc2c(cc1OCC)CN(C(=O)C1CC(=O)N(Cc3ccc(C)cc3)C1)CC2. The summed E-state index contributed by atoms with van der Waals surface area (Å²) in [6, 6.07) is 12.3. The number of carbonyl (C=O) groups is 2. The molecule has 2 aromatic carbocycles. The van der Waals surface area contributed by atoms with Gasteiger partial charge in [-0.05, 0) is 56.0 Å². The molecule has 170 valence electrons. The Balaban J connectivity index is 1.43. The van der Waals surface area contributed by atoms with Crippen LogP contribution >= 0.6 is 0 Å². The second-order valence-electron chi connectivity index (χ2n) is 8.60. The number of hydrogen-bond donors (Lipinski definition) is 0. The standard InChI is InChI=1S/C26H32N2O4/c1-4-31-23-12-20-10-11-27(16-21(20)13-24(23)32-5-2)26(30)22-14-25(29)28(17-22)15-19-8-6-18(3)7-9-19/h6-9,12-13,22H,4-5,10-11,14-17H2,1-3H3. The number of fused-ring (bicyclic) bond motifs is 1. The third-order valence-corrected chi connectivity index (χ3v) is 6.25. The van der Waals surface area contributed by atoms with Gasteiger partial charge in [0, 0.05) is 32.6 Å². The molecule has 0 spiro atoms. The van der Waals surface area contributed by atoms with Gasteiger partial charge in [-0.25, -0.2) is 0 Å². The van der Waals surface area contributed by atoms with Crippen molar-refractivity contribution in [2.45, 2.75) is 46.7 Å². The Morgan fingerprint density at radius 1 is 1.03 bits per heavy atom. The third-order valence-electron chi connectivity index (χ3n) is 6.25. The first kappa shape index (κ1) is 22.2. The molecule has 1 saturated heterocycles. The monoisotopic (exact) mass is 436 g/mol. The molecule has 1 atom stereocenters. The van der Waals surface area contributed by atoms with Crippen molar-refractivity contribution in [3.05, 3.63) is 58.7 Å². The van der Waals surface area contributed by atoms with Gasteiger partial charge in [-0.15, -0.1) is 0 Å². The lowest BCUT2D eigenvalue weighted by atomic mass is 9.97. The van der Waals surface area contributed by atoms with Crippen LogP contribution in [0.5, 0.6) is 11.5 Å². The number of carbonyl (C=O) groups excluding carboxylic acids is 2. The van der Waals surface area contributed by atoms with Crippen LogP contribution in [0.15, 0.2) is 36.4 Å². The van der Waals surface area contributed by atoms with E-state index in [-0.39, 0.29) is 17.7 Å². The Hall–Kier alpha value is -3.02. The zero-order chi connectivity index (χ0) is 22.7. The lowest BCUT2D eigenvalue weighted by Gasteiger charge is -2.31. The van der Waals surface area contributed by atoms with Crippen molar-refractivity contribution >= 4 is 11.8 Å². The van der Waals surface area contributed by atoms with Crippen molar-refractivity contribution in [3.63, 3.8) is 0 Å². The molecule has 2 amide bonds. The maximum atomic E-state index is 13.3. The summed E-state index contributed by atoms with van der Waals surface area (Å²) in [4.78, 5) is 29.6. The largest absolute Gasteiger partial charge is 0.490 e. The molecule has 2 heterocycles. The van der Waals surface area contributed by atoms with E-state index in [2.05, 4.69) is 12.1 Å². The minimum atomic E-state index is -0.274. The fraction of sp³-hybridized carbons (Fsp3) is 0.462. The number of amides is 2. The minimum Gasteiger partial charge on any atom is -0.490 e. The average Bonchev–Trinajstić information content (AvgIpc) is 3.15. The number of likely N-dealkylation sites (tertiary alicyclic amines) is 1. The predicted octanol–water partition coefficient (Wildman–Crippen LogP) is 3.73. The second kappa shape index (κ2) is 9.63. The van der Waals surface area contributed by atoms with E-state index in [1.165, 1.54) is 11.1 Å². The van der Waals surface area contributed by atoms with Crippen LogP contribution in [-0.4, -0.2) is 47.9 Å². The quantitative estimate of drug-likeness (QED) is 0.664. The number of hydrogen-bond acceptors (Lipinski definition) is 4. The molecule has 4 rings (SSSR count). The van der Waals surface area contributed by atoms with Crippen molar-refractivity contribution in [1.29, 1.82) is 0 Å². The van der Waals surface area contributed by atoms with Gasteiger partial charge in [-0.3, -0.25) is 9.59 Å². The predicted molar refractivity (Wildman–Crippen MR) is 123 cm³/mol. The fourth-order valence-electron chi connectivity index (χ4n) is 4.55. The summed E-state index contributed by atoms with van der Waals surface area (Å²) < 4.78 is 11.5. The zero-order valence-electron chi connectivity index (χ0n) is 19.2. The molecule has 0 N–H and O–H groups in total. The van der Waals surface area contributed by atoms with Gasteiger partial charge in [0.25, 0.3) is 0 Å². The molecule has 1 unspecified atom stereocenters. The van der Waals surface area contributed by atoms with Crippen molar-refractivity contribution in [3.8, 4) is 11.5 Å². The Labute approximate surface area is 190 Å². The Morgan fingerprint density at radius 2 is 1.69 bits per heavy atom. The van der Waals surface area contributed by atoms with Gasteiger partial charge in [0.2, 0.25) is 11.8 Å². The van der Waals surface area contributed by atoms with Gasteiger partial charge in [0.1, 0.15) is 0 Å². The molecule has 2 aromatic rings. The minimum absolute atomic E-state index is 0.0568. The highest BCUT2D eigenvalue weighted by Crippen LogP contribution is 2.34. The summed E-state index contributed by atoms with van der Waals surface area (Å²) in [5.41, 5.74) is 4.58. The maximum absolute atomic E-state index is 13.3. The first-order valence-electron chi connectivity index (χ1n) is 11.5. The third kappa shape index (κ3) is 4.74. The summed E-state index contributed by atoms with van der Waals surface area (Å²) in [5, 5.41) is 0. The van der Waals surface area contributed by atoms with Crippen molar-refractivity contribution < 1.29 is 19.1 Å². The summed E-state index contributed by atoms with van der Waals surface area (Å²) in [6.07, 6.45) is 1.07. The number of benzene rings is 2. The van der Waals surface area contributed by atoms with E-state index >= 15 is 0 Å². The van der Waals surface area contributed by atoms with Gasteiger partial charge < -0.3 is 19.3 Å². The van der Waals surface area contributed by atoms with E-state index in [0.717, 1.165) is 29.0 Å². The van der Waals surface area contributed by atoms with E-state index < -0.39 is 0 Å². The first-order chi connectivity index (χ1) is 15.5. The number of aryl methyl sites for hydroxylation is 1. The van der Waals surface area contributed by atoms with Gasteiger partial charge >= 0.3 is 0 Å². The number of ether oxygens (including phenoxy) is 2. The molecule has 0 aliphatic carbocycles. The van der Waals surface area contributed by atoms with E-state index in [1.54, 1.807) is 0 Å². The molecule has 32 heavy (non-hydrogen) atoms. The molecule has 6 heteroatoms. The van der Waals surface area contributed by atoms with Crippen LogP contribution in [-0.2, 0) is 29.1 Å². The van der Waals surface area contributed by atoms with Gasteiger partial charge in [-0.2, -0.15) is 0 Å². The highest BCUT2D eigenvalue weighted by atomic mass is 16.5. The molecule has 2 aliphatic rings. The van der Waals surface area contributed by atoms with Gasteiger partial charge in [0.15, 0.2) is 11.5 Å². The highest BCUT2D eigenvalue weighted by Gasteiger charge is 2.37. The van der Waals surface area contributed by atoms with Crippen molar-refractivity contribution in [2.75, 3.05) is 26.3 Å². The van der Waals surface area contributed by atoms with E-state index in [9.17, 15) is 9.59 Å².